The average molecular weight is 299 g/mol. The number of carbonyl (C=O) groups is 2. The Morgan fingerprint density at radius 3 is 2.50 bits per heavy atom. The van der Waals surface area contributed by atoms with E-state index in [0.29, 0.717) is 17.7 Å². The second-order valence-electron chi connectivity index (χ2n) is 5.26. The number of carboxylic acid groups (broad SMARTS) is 1. The average Bonchev–Trinajstić information content (AvgIpc) is 2.83. The summed E-state index contributed by atoms with van der Waals surface area (Å²) in [4.78, 5) is 25.2. The van der Waals surface area contributed by atoms with Crippen LogP contribution in [0.3, 0.4) is 0 Å². The largest absolute Gasteiger partial charge is 0.481 e. The van der Waals surface area contributed by atoms with E-state index in [1.54, 1.807) is 12.1 Å². The summed E-state index contributed by atoms with van der Waals surface area (Å²) in [6, 6.07) is 12.2. The quantitative estimate of drug-likeness (QED) is 0.944. The van der Waals surface area contributed by atoms with Crippen molar-refractivity contribution >= 4 is 11.9 Å². The van der Waals surface area contributed by atoms with Crippen molar-refractivity contribution in [2.75, 3.05) is 0 Å². The molecule has 112 valence electrons. The summed E-state index contributed by atoms with van der Waals surface area (Å²) in [7, 11) is 0. The monoisotopic (exact) mass is 299 g/mol. The van der Waals surface area contributed by atoms with Gasteiger partial charge >= 0.3 is 5.97 Å². The summed E-state index contributed by atoms with van der Waals surface area (Å²) < 4.78 is 13.1. The highest BCUT2D eigenvalue weighted by Gasteiger charge is 2.34. The molecule has 0 spiro atoms. The second-order valence-corrected chi connectivity index (χ2v) is 5.26. The van der Waals surface area contributed by atoms with Crippen molar-refractivity contribution in [3.63, 3.8) is 0 Å². The zero-order chi connectivity index (χ0) is 15.7. The number of hydrogen-bond acceptors (Lipinski definition) is 2. The molecule has 5 heteroatoms. The molecule has 0 aliphatic carbocycles. The summed E-state index contributed by atoms with van der Waals surface area (Å²) in [5, 5.41) is 9.15. The first-order chi connectivity index (χ1) is 10.6. The molecule has 1 N–H and O–H groups in total. The highest BCUT2D eigenvalue weighted by Crippen LogP contribution is 2.33. The molecule has 1 aliphatic rings. The lowest BCUT2D eigenvalue weighted by molar-refractivity contribution is -0.138. The predicted molar refractivity (Wildman–Crippen MR) is 77.7 cm³/mol. The molecule has 1 atom stereocenters. The lowest BCUT2D eigenvalue weighted by Crippen LogP contribution is -2.30. The molecule has 4 nitrogen and oxygen atoms in total. The maximum atomic E-state index is 13.1. The number of carbonyl (C=O) groups excluding carboxylic acids is 1. The van der Waals surface area contributed by atoms with Crippen LogP contribution in [0, 0.1) is 5.82 Å². The molecular weight excluding hydrogens is 285 g/mol. The number of hydrogen-bond donors (Lipinski definition) is 1. The van der Waals surface area contributed by atoms with Crippen molar-refractivity contribution in [3.05, 3.63) is 71.0 Å². The van der Waals surface area contributed by atoms with Crippen molar-refractivity contribution in [2.45, 2.75) is 19.0 Å². The molecule has 22 heavy (non-hydrogen) atoms. The fourth-order valence-corrected chi connectivity index (χ4v) is 2.79. The third-order valence-corrected chi connectivity index (χ3v) is 3.85. The Kier molecular flexibility index (Phi) is 3.63. The number of benzene rings is 2. The van der Waals surface area contributed by atoms with E-state index in [4.69, 9.17) is 5.11 Å². The van der Waals surface area contributed by atoms with Crippen molar-refractivity contribution in [1.82, 2.24) is 4.90 Å². The molecule has 2 aromatic carbocycles. The maximum Gasteiger partial charge on any atom is 0.305 e. The first kappa shape index (κ1) is 14.3. The topological polar surface area (TPSA) is 57.6 Å². The van der Waals surface area contributed by atoms with Gasteiger partial charge in [0.2, 0.25) is 0 Å². The molecule has 0 aromatic heterocycles. The van der Waals surface area contributed by atoms with Gasteiger partial charge in [-0.25, -0.2) is 4.39 Å². The fourth-order valence-electron chi connectivity index (χ4n) is 2.79. The van der Waals surface area contributed by atoms with E-state index in [1.165, 1.54) is 29.2 Å². The lowest BCUT2D eigenvalue weighted by Gasteiger charge is -2.27. The van der Waals surface area contributed by atoms with E-state index in [-0.39, 0.29) is 12.3 Å². The normalized spacial score (nSPS) is 14.8. The fraction of sp³-hybridized carbons (Fsp3) is 0.176. The van der Waals surface area contributed by atoms with Crippen LogP contribution in [0.1, 0.15) is 33.9 Å². The van der Waals surface area contributed by atoms with Gasteiger partial charge in [-0.2, -0.15) is 0 Å². The summed E-state index contributed by atoms with van der Waals surface area (Å²) in [6.07, 6.45) is -0.217. The van der Waals surface area contributed by atoms with E-state index in [1.807, 2.05) is 12.1 Å². The summed E-state index contributed by atoms with van der Waals surface area (Å²) >= 11 is 0. The molecule has 0 saturated carbocycles. The highest BCUT2D eigenvalue weighted by atomic mass is 19.1. The van der Waals surface area contributed by atoms with E-state index in [2.05, 4.69) is 0 Å². The molecule has 0 fully saturated rings. The van der Waals surface area contributed by atoms with Crippen LogP contribution >= 0.6 is 0 Å². The number of aliphatic carboxylic acids is 1. The predicted octanol–water partition coefficient (Wildman–Crippen LogP) is 3.00. The van der Waals surface area contributed by atoms with Gasteiger partial charge in [-0.3, -0.25) is 9.59 Å². The molecule has 1 aliphatic heterocycles. The van der Waals surface area contributed by atoms with Gasteiger partial charge in [0.15, 0.2) is 0 Å². The van der Waals surface area contributed by atoms with Crippen LogP contribution in [-0.4, -0.2) is 21.9 Å². The van der Waals surface area contributed by atoms with E-state index in [9.17, 15) is 14.0 Å². The molecular formula is C17H14FNO3. The third kappa shape index (κ3) is 2.57. The van der Waals surface area contributed by atoms with Crippen LogP contribution in [-0.2, 0) is 11.3 Å². The summed E-state index contributed by atoms with van der Waals surface area (Å²) in [5.41, 5.74) is 2.09. The van der Waals surface area contributed by atoms with E-state index >= 15 is 0 Å². The standard InChI is InChI=1S/C17H14FNO3/c18-13-7-5-11(6-8-13)15(9-16(20)21)19-10-12-3-1-2-4-14(12)17(19)22/h1-8,15H,9-10H2,(H,20,21). The molecule has 1 heterocycles. The van der Waals surface area contributed by atoms with Crippen LogP contribution in [0.25, 0.3) is 0 Å². The Bertz CT molecular complexity index is 727. The maximum absolute atomic E-state index is 13.1. The smallest absolute Gasteiger partial charge is 0.305 e. The van der Waals surface area contributed by atoms with Crippen molar-refractivity contribution < 1.29 is 19.1 Å². The minimum absolute atomic E-state index is 0.189. The number of fused-ring (bicyclic) bond motifs is 1. The Labute approximate surface area is 126 Å². The van der Waals surface area contributed by atoms with Gasteiger partial charge in [0.25, 0.3) is 5.91 Å². The van der Waals surface area contributed by atoms with E-state index in [0.717, 1.165) is 5.56 Å². The van der Waals surface area contributed by atoms with E-state index < -0.39 is 17.8 Å². The van der Waals surface area contributed by atoms with Gasteiger partial charge in [-0.15, -0.1) is 0 Å². The minimum Gasteiger partial charge on any atom is -0.481 e. The van der Waals surface area contributed by atoms with Crippen LogP contribution in [0.5, 0.6) is 0 Å². The number of rotatable bonds is 4. The van der Waals surface area contributed by atoms with Crippen molar-refractivity contribution in [2.24, 2.45) is 0 Å². The molecule has 0 radical (unpaired) electrons. The number of nitrogens with zero attached hydrogens (tertiary/aromatic N) is 1. The molecule has 1 unspecified atom stereocenters. The Morgan fingerprint density at radius 2 is 1.86 bits per heavy atom. The summed E-state index contributed by atoms with van der Waals surface area (Å²) in [5.74, 6) is -1.59. The highest BCUT2D eigenvalue weighted by molar-refractivity contribution is 5.98. The lowest BCUT2D eigenvalue weighted by atomic mass is 10.0. The van der Waals surface area contributed by atoms with Crippen molar-refractivity contribution in [3.8, 4) is 0 Å². The first-order valence-corrected chi connectivity index (χ1v) is 6.92. The summed E-state index contributed by atoms with van der Waals surface area (Å²) in [6.45, 7) is 0.365. The van der Waals surface area contributed by atoms with Gasteiger partial charge in [0, 0.05) is 12.1 Å². The molecule has 1 amide bonds. The van der Waals surface area contributed by atoms with Crippen molar-refractivity contribution in [1.29, 1.82) is 0 Å². The number of carboxylic acids is 1. The molecule has 0 saturated heterocycles. The van der Waals surface area contributed by atoms with Gasteiger partial charge in [-0.05, 0) is 29.3 Å². The zero-order valence-corrected chi connectivity index (χ0v) is 11.7. The Balaban J connectivity index is 1.96. The van der Waals surface area contributed by atoms with Crippen LogP contribution in [0.4, 0.5) is 4.39 Å². The molecule has 3 rings (SSSR count). The Hall–Kier alpha value is -2.69. The number of amides is 1. The first-order valence-electron chi connectivity index (χ1n) is 6.92. The van der Waals surface area contributed by atoms with Gasteiger partial charge in [-0.1, -0.05) is 30.3 Å². The zero-order valence-electron chi connectivity index (χ0n) is 11.7. The van der Waals surface area contributed by atoms with Crippen LogP contribution in [0.2, 0.25) is 0 Å². The van der Waals surface area contributed by atoms with Gasteiger partial charge in [0.1, 0.15) is 5.82 Å². The van der Waals surface area contributed by atoms with Crippen LogP contribution in [0.15, 0.2) is 48.5 Å². The molecule has 0 bridgehead atoms. The SMILES string of the molecule is O=C(O)CC(c1ccc(F)cc1)N1Cc2ccccc2C1=O. The molecule has 2 aromatic rings. The van der Waals surface area contributed by atoms with Gasteiger partial charge in [0.05, 0.1) is 12.5 Å². The second kappa shape index (κ2) is 5.60. The van der Waals surface area contributed by atoms with Crippen LogP contribution < -0.4 is 0 Å². The van der Waals surface area contributed by atoms with Gasteiger partial charge < -0.3 is 10.0 Å². The minimum atomic E-state index is -1.00. The Morgan fingerprint density at radius 1 is 1.18 bits per heavy atom. The third-order valence-electron chi connectivity index (χ3n) is 3.85. The number of halogens is 1.